The number of benzene rings is 1. The molecule has 2 fully saturated rings. The number of aromatic carboxylic acids is 1. The molecule has 4 rings (SSSR count). The second-order valence-corrected chi connectivity index (χ2v) is 7.05. The summed E-state index contributed by atoms with van der Waals surface area (Å²) in [7, 11) is 0. The van der Waals surface area contributed by atoms with E-state index in [9.17, 15) is 14.7 Å². The predicted octanol–water partition coefficient (Wildman–Crippen LogP) is 3.54. The molecule has 1 saturated carbocycles. The maximum Gasteiger partial charge on any atom is 0.335 e. The van der Waals surface area contributed by atoms with Crippen LogP contribution in [0.25, 0.3) is 0 Å². The third-order valence-corrected chi connectivity index (χ3v) is 5.25. The van der Waals surface area contributed by atoms with Crippen molar-refractivity contribution in [1.82, 2.24) is 9.47 Å². The van der Waals surface area contributed by atoms with Gasteiger partial charge in [-0.15, -0.1) is 0 Å². The number of aromatic nitrogens is 1. The van der Waals surface area contributed by atoms with Crippen molar-refractivity contribution in [3.8, 4) is 0 Å². The molecule has 2 aliphatic rings. The maximum absolute atomic E-state index is 13.0. The van der Waals surface area contributed by atoms with Gasteiger partial charge in [0.05, 0.1) is 5.56 Å². The van der Waals surface area contributed by atoms with Crippen LogP contribution >= 0.6 is 0 Å². The van der Waals surface area contributed by atoms with Gasteiger partial charge in [0.25, 0.3) is 5.91 Å². The standard InChI is InChI=1S/C20H22N2O3/c23-19(18-7-3-11-22(18)17-8-9-17)21-10-2-6-16(13-21)14-4-1-5-15(12-14)20(24)25/h1,3-5,7,11-12,16-17H,2,6,8-10,13H2,(H,24,25)/t16-/m1/s1. The summed E-state index contributed by atoms with van der Waals surface area (Å²) in [4.78, 5) is 26.1. The van der Waals surface area contributed by atoms with E-state index in [0.717, 1.165) is 43.5 Å². The number of carboxylic acids is 1. The van der Waals surface area contributed by atoms with Gasteiger partial charge in [-0.1, -0.05) is 12.1 Å². The number of amides is 1. The Hall–Kier alpha value is -2.56. The van der Waals surface area contributed by atoms with Crippen LogP contribution in [0.4, 0.5) is 0 Å². The van der Waals surface area contributed by atoms with Crippen molar-refractivity contribution in [2.45, 2.75) is 37.6 Å². The number of rotatable bonds is 4. The van der Waals surface area contributed by atoms with Crippen LogP contribution in [0.15, 0.2) is 42.6 Å². The minimum absolute atomic E-state index is 0.0935. The second kappa shape index (κ2) is 6.39. The fourth-order valence-electron chi connectivity index (χ4n) is 3.77. The van der Waals surface area contributed by atoms with Gasteiger partial charge in [-0.05, 0) is 55.5 Å². The summed E-state index contributed by atoms with van der Waals surface area (Å²) in [6, 6.07) is 11.5. The van der Waals surface area contributed by atoms with Gasteiger partial charge in [0.15, 0.2) is 0 Å². The summed E-state index contributed by atoms with van der Waals surface area (Å²) in [6.07, 6.45) is 6.23. The Kier molecular flexibility index (Phi) is 4.07. The van der Waals surface area contributed by atoms with Gasteiger partial charge in [0.2, 0.25) is 0 Å². The van der Waals surface area contributed by atoms with E-state index in [-0.39, 0.29) is 11.8 Å². The SMILES string of the molecule is O=C(O)c1cccc([C@@H]2CCCN(C(=O)c3cccn3C3CC3)C2)c1. The van der Waals surface area contributed by atoms with E-state index >= 15 is 0 Å². The van der Waals surface area contributed by atoms with Crippen LogP contribution in [0.3, 0.4) is 0 Å². The van der Waals surface area contributed by atoms with Gasteiger partial charge in [-0.2, -0.15) is 0 Å². The number of nitrogens with zero attached hydrogens (tertiary/aromatic N) is 2. The first-order valence-corrected chi connectivity index (χ1v) is 8.93. The van der Waals surface area contributed by atoms with Crippen molar-refractivity contribution in [2.75, 3.05) is 13.1 Å². The topological polar surface area (TPSA) is 62.5 Å². The van der Waals surface area contributed by atoms with Crippen LogP contribution in [0, 0.1) is 0 Å². The van der Waals surface area contributed by atoms with Crippen molar-refractivity contribution >= 4 is 11.9 Å². The summed E-state index contributed by atoms with van der Waals surface area (Å²) in [5, 5.41) is 9.19. The van der Waals surface area contributed by atoms with E-state index in [0.29, 0.717) is 18.2 Å². The third kappa shape index (κ3) is 3.18. The average molecular weight is 338 g/mol. The van der Waals surface area contributed by atoms with Crippen LogP contribution in [-0.4, -0.2) is 39.5 Å². The Morgan fingerprint density at radius 3 is 2.68 bits per heavy atom. The fourth-order valence-corrected chi connectivity index (χ4v) is 3.77. The molecule has 2 aromatic rings. The monoisotopic (exact) mass is 338 g/mol. The van der Waals surface area contributed by atoms with Crippen molar-refractivity contribution < 1.29 is 14.7 Å². The number of piperidine rings is 1. The Morgan fingerprint density at radius 2 is 1.92 bits per heavy atom. The number of hydrogen-bond donors (Lipinski definition) is 1. The van der Waals surface area contributed by atoms with E-state index in [1.807, 2.05) is 29.3 Å². The Balaban J connectivity index is 1.52. The minimum atomic E-state index is -0.909. The summed E-state index contributed by atoms with van der Waals surface area (Å²) in [6.45, 7) is 1.42. The molecule has 25 heavy (non-hydrogen) atoms. The molecule has 130 valence electrons. The molecular formula is C20H22N2O3. The smallest absolute Gasteiger partial charge is 0.335 e. The van der Waals surface area contributed by atoms with Gasteiger partial charge < -0.3 is 14.6 Å². The molecule has 2 heterocycles. The van der Waals surface area contributed by atoms with Crippen LogP contribution in [0.1, 0.15) is 64.1 Å². The van der Waals surface area contributed by atoms with Crippen molar-refractivity contribution in [2.24, 2.45) is 0 Å². The molecule has 1 aromatic carbocycles. The highest BCUT2D eigenvalue weighted by molar-refractivity contribution is 5.93. The maximum atomic E-state index is 13.0. The van der Waals surface area contributed by atoms with Crippen molar-refractivity contribution in [1.29, 1.82) is 0 Å². The number of hydrogen-bond acceptors (Lipinski definition) is 2. The van der Waals surface area contributed by atoms with Crippen LogP contribution in [0.2, 0.25) is 0 Å². The molecule has 0 bridgehead atoms. The quantitative estimate of drug-likeness (QED) is 0.927. The molecule has 1 amide bonds. The molecule has 1 saturated heterocycles. The molecule has 0 unspecified atom stereocenters. The Bertz CT molecular complexity index is 807. The summed E-state index contributed by atoms with van der Waals surface area (Å²) < 4.78 is 2.11. The first-order valence-electron chi connectivity index (χ1n) is 8.93. The lowest BCUT2D eigenvalue weighted by atomic mass is 9.89. The van der Waals surface area contributed by atoms with Crippen LogP contribution < -0.4 is 0 Å². The van der Waals surface area contributed by atoms with Gasteiger partial charge in [0.1, 0.15) is 5.69 Å². The van der Waals surface area contributed by atoms with E-state index < -0.39 is 5.97 Å². The van der Waals surface area contributed by atoms with Gasteiger partial charge in [0, 0.05) is 31.2 Å². The number of carbonyl (C=O) groups excluding carboxylic acids is 1. The highest BCUT2D eigenvalue weighted by atomic mass is 16.4. The van der Waals surface area contributed by atoms with Gasteiger partial charge >= 0.3 is 5.97 Å². The molecular weight excluding hydrogens is 316 g/mol. The summed E-state index contributed by atoms with van der Waals surface area (Å²) in [5.74, 6) is -0.620. The highest BCUT2D eigenvalue weighted by Crippen LogP contribution is 2.36. The zero-order chi connectivity index (χ0) is 17.4. The molecule has 1 N–H and O–H groups in total. The lowest BCUT2D eigenvalue weighted by molar-refractivity contribution is 0.0683. The average Bonchev–Trinajstić information content (AvgIpc) is 3.38. The van der Waals surface area contributed by atoms with Crippen molar-refractivity contribution in [3.05, 3.63) is 59.4 Å². The molecule has 1 aliphatic heterocycles. The first kappa shape index (κ1) is 15.9. The first-order chi connectivity index (χ1) is 12.1. The lowest BCUT2D eigenvalue weighted by Crippen LogP contribution is -2.39. The fraction of sp³-hybridized carbons (Fsp3) is 0.400. The van der Waals surface area contributed by atoms with Crippen LogP contribution in [0.5, 0.6) is 0 Å². The third-order valence-electron chi connectivity index (χ3n) is 5.25. The van der Waals surface area contributed by atoms with Crippen molar-refractivity contribution in [3.63, 3.8) is 0 Å². The molecule has 0 radical (unpaired) electrons. The van der Waals surface area contributed by atoms with E-state index in [1.54, 1.807) is 18.2 Å². The Labute approximate surface area is 146 Å². The van der Waals surface area contributed by atoms with E-state index in [2.05, 4.69) is 4.57 Å². The molecule has 0 spiro atoms. The lowest BCUT2D eigenvalue weighted by Gasteiger charge is -2.33. The number of likely N-dealkylation sites (tertiary alicyclic amines) is 1. The van der Waals surface area contributed by atoms with Gasteiger partial charge in [-0.25, -0.2) is 4.79 Å². The second-order valence-electron chi connectivity index (χ2n) is 7.05. The largest absolute Gasteiger partial charge is 0.478 e. The predicted molar refractivity (Wildman–Crippen MR) is 94.0 cm³/mol. The van der Waals surface area contributed by atoms with Gasteiger partial charge in [-0.3, -0.25) is 4.79 Å². The highest BCUT2D eigenvalue weighted by Gasteiger charge is 2.31. The zero-order valence-electron chi connectivity index (χ0n) is 14.1. The van der Waals surface area contributed by atoms with E-state index in [4.69, 9.17) is 0 Å². The molecule has 1 aliphatic carbocycles. The number of carbonyl (C=O) groups is 2. The Morgan fingerprint density at radius 1 is 1.08 bits per heavy atom. The summed E-state index contributed by atoms with van der Waals surface area (Å²) in [5.41, 5.74) is 2.10. The molecule has 5 nitrogen and oxygen atoms in total. The molecule has 5 heteroatoms. The minimum Gasteiger partial charge on any atom is -0.478 e. The zero-order valence-corrected chi connectivity index (χ0v) is 14.1. The normalized spacial score (nSPS) is 20.5. The number of carboxylic acid groups (broad SMARTS) is 1. The van der Waals surface area contributed by atoms with Crippen LogP contribution in [-0.2, 0) is 0 Å². The molecule has 1 aromatic heterocycles. The molecule has 1 atom stereocenters. The summed E-state index contributed by atoms with van der Waals surface area (Å²) >= 11 is 0. The van der Waals surface area contributed by atoms with E-state index in [1.165, 1.54) is 0 Å².